The van der Waals surface area contributed by atoms with Crippen molar-refractivity contribution in [3.8, 4) is 0 Å². The zero-order valence-corrected chi connectivity index (χ0v) is 12.7. The Morgan fingerprint density at radius 2 is 2.15 bits per heavy atom. The third-order valence-electron chi connectivity index (χ3n) is 4.66. The topological polar surface area (TPSA) is 44.1 Å². The molecule has 1 saturated heterocycles. The van der Waals surface area contributed by atoms with Gasteiger partial charge in [0.15, 0.2) is 0 Å². The van der Waals surface area contributed by atoms with E-state index in [9.17, 15) is 4.79 Å². The molecule has 2 fully saturated rings. The molecule has 5 heteroatoms. The van der Waals surface area contributed by atoms with Crippen molar-refractivity contribution in [2.75, 3.05) is 0 Å². The molecule has 1 aromatic rings. The van der Waals surface area contributed by atoms with Crippen molar-refractivity contribution in [3.05, 3.63) is 27.4 Å². The lowest BCUT2D eigenvalue weighted by Crippen LogP contribution is -2.34. The average Bonchev–Trinajstić information content (AvgIpc) is 2.77. The Morgan fingerprint density at radius 3 is 2.85 bits per heavy atom. The van der Waals surface area contributed by atoms with E-state index in [1.807, 2.05) is 6.92 Å². The molecule has 1 spiro atoms. The van der Waals surface area contributed by atoms with Crippen LogP contribution < -0.4 is 5.56 Å². The maximum Gasteiger partial charge on any atom is 0.255 e. The summed E-state index contributed by atoms with van der Waals surface area (Å²) in [5, 5.41) is 0.264. The highest BCUT2D eigenvalue weighted by atomic mass is 35.5. The van der Waals surface area contributed by atoms with Gasteiger partial charge < -0.3 is 4.74 Å². The summed E-state index contributed by atoms with van der Waals surface area (Å²) in [7, 11) is 0. The summed E-state index contributed by atoms with van der Waals surface area (Å²) in [5.41, 5.74) is 0.0102. The molecule has 1 aromatic heterocycles. The molecule has 0 amide bonds. The van der Waals surface area contributed by atoms with E-state index in [1.165, 1.54) is 38.2 Å². The second-order valence-corrected chi connectivity index (χ2v) is 6.48. The molecule has 1 saturated carbocycles. The lowest BCUT2D eigenvalue weighted by molar-refractivity contribution is -0.0684. The number of aryl methyl sites for hydroxylation is 1. The van der Waals surface area contributed by atoms with Gasteiger partial charge in [-0.1, -0.05) is 30.9 Å². The summed E-state index contributed by atoms with van der Waals surface area (Å²) in [4.78, 5) is 16.2. The lowest BCUT2D eigenvalue weighted by Gasteiger charge is -2.33. The number of hydrogen-bond donors (Lipinski definition) is 0. The van der Waals surface area contributed by atoms with E-state index >= 15 is 0 Å². The normalized spacial score (nSPS) is 25.2. The van der Waals surface area contributed by atoms with Crippen LogP contribution in [0.25, 0.3) is 0 Å². The predicted octanol–water partition coefficient (Wildman–Crippen LogP) is 3.09. The SMILES string of the molecule is Cc1nc(Cl)cc(=O)n1CC1CCC2(CCCCC2)O1. The van der Waals surface area contributed by atoms with Gasteiger partial charge in [0.25, 0.3) is 5.56 Å². The van der Waals surface area contributed by atoms with E-state index in [1.54, 1.807) is 4.57 Å². The Hall–Kier alpha value is -0.870. The minimum Gasteiger partial charge on any atom is -0.370 e. The van der Waals surface area contributed by atoms with Crippen molar-refractivity contribution >= 4 is 11.6 Å². The van der Waals surface area contributed by atoms with Gasteiger partial charge in [0, 0.05) is 6.07 Å². The summed E-state index contributed by atoms with van der Waals surface area (Å²) >= 11 is 5.80. The van der Waals surface area contributed by atoms with Crippen LogP contribution in [0.1, 0.15) is 50.8 Å². The van der Waals surface area contributed by atoms with Crippen molar-refractivity contribution in [3.63, 3.8) is 0 Å². The van der Waals surface area contributed by atoms with E-state index in [-0.39, 0.29) is 22.4 Å². The maximum atomic E-state index is 12.0. The molecule has 4 nitrogen and oxygen atoms in total. The molecule has 2 heterocycles. The number of hydrogen-bond acceptors (Lipinski definition) is 3. The number of ether oxygens (including phenoxy) is 1. The predicted molar refractivity (Wildman–Crippen MR) is 78.2 cm³/mol. The summed E-state index contributed by atoms with van der Waals surface area (Å²) < 4.78 is 7.99. The second-order valence-electron chi connectivity index (χ2n) is 6.10. The molecule has 1 aliphatic heterocycles. The number of aromatic nitrogens is 2. The van der Waals surface area contributed by atoms with E-state index in [0.29, 0.717) is 12.4 Å². The van der Waals surface area contributed by atoms with Crippen molar-refractivity contribution in [1.29, 1.82) is 0 Å². The first kappa shape index (κ1) is 14.1. The summed E-state index contributed by atoms with van der Waals surface area (Å²) in [6.45, 7) is 2.41. The fraction of sp³-hybridized carbons (Fsp3) is 0.733. The van der Waals surface area contributed by atoms with Gasteiger partial charge in [0.05, 0.1) is 18.2 Å². The van der Waals surface area contributed by atoms with Crippen LogP contribution in [0.2, 0.25) is 5.15 Å². The van der Waals surface area contributed by atoms with Gasteiger partial charge in [-0.3, -0.25) is 9.36 Å². The quantitative estimate of drug-likeness (QED) is 0.788. The molecular formula is C15H21ClN2O2. The summed E-state index contributed by atoms with van der Waals surface area (Å²) in [6.07, 6.45) is 8.53. The van der Waals surface area contributed by atoms with Crippen molar-refractivity contribution in [1.82, 2.24) is 9.55 Å². The smallest absolute Gasteiger partial charge is 0.255 e. The third kappa shape index (κ3) is 2.77. The van der Waals surface area contributed by atoms with Crippen molar-refractivity contribution < 1.29 is 4.74 Å². The van der Waals surface area contributed by atoms with E-state index in [0.717, 1.165) is 12.8 Å². The molecule has 2 aliphatic rings. The van der Waals surface area contributed by atoms with Crippen LogP contribution in [0, 0.1) is 6.92 Å². The van der Waals surface area contributed by atoms with Crippen LogP contribution in [0.15, 0.2) is 10.9 Å². The Kier molecular flexibility index (Phi) is 3.87. The minimum absolute atomic E-state index is 0.0873. The Labute approximate surface area is 124 Å². The summed E-state index contributed by atoms with van der Waals surface area (Å²) in [5.74, 6) is 0.663. The van der Waals surface area contributed by atoms with Crippen LogP contribution in [0.5, 0.6) is 0 Å². The fourth-order valence-corrected chi connectivity index (χ4v) is 3.82. The minimum atomic E-state index is -0.0873. The molecular weight excluding hydrogens is 276 g/mol. The van der Waals surface area contributed by atoms with Gasteiger partial charge in [-0.2, -0.15) is 0 Å². The average molecular weight is 297 g/mol. The van der Waals surface area contributed by atoms with Gasteiger partial charge in [-0.25, -0.2) is 4.98 Å². The number of rotatable bonds is 2. The first-order chi connectivity index (χ1) is 9.58. The highest BCUT2D eigenvalue weighted by Gasteiger charge is 2.40. The number of halogens is 1. The van der Waals surface area contributed by atoms with Gasteiger partial charge in [-0.05, 0) is 32.6 Å². The van der Waals surface area contributed by atoms with Crippen LogP contribution in [0.4, 0.5) is 0 Å². The van der Waals surface area contributed by atoms with Crippen LogP contribution >= 0.6 is 11.6 Å². The van der Waals surface area contributed by atoms with E-state index < -0.39 is 0 Å². The molecule has 20 heavy (non-hydrogen) atoms. The highest BCUT2D eigenvalue weighted by molar-refractivity contribution is 6.29. The largest absolute Gasteiger partial charge is 0.370 e. The fourth-order valence-electron chi connectivity index (χ4n) is 3.60. The monoisotopic (exact) mass is 296 g/mol. The van der Waals surface area contributed by atoms with E-state index in [4.69, 9.17) is 16.3 Å². The molecule has 110 valence electrons. The van der Waals surface area contributed by atoms with Crippen molar-refractivity contribution in [2.24, 2.45) is 0 Å². The standard InChI is InChI=1S/C15H21ClN2O2/c1-11-17-13(16)9-14(19)18(11)10-12-5-8-15(20-12)6-3-2-4-7-15/h9,12H,2-8,10H2,1H3. The zero-order chi connectivity index (χ0) is 14.2. The first-order valence-corrected chi connectivity index (χ1v) is 7.88. The van der Waals surface area contributed by atoms with E-state index in [2.05, 4.69) is 4.98 Å². The molecule has 1 atom stereocenters. The second kappa shape index (κ2) is 5.49. The van der Waals surface area contributed by atoms with Crippen molar-refractivity contribution in [2.45, 2.75) is 70.1 Å². The molecule has 1 unspecified atom stereocenters. The summed E-state index contributed by atoms with van der Waals surface area (Å²) in [6, 6.07) is 1.37. The Balaban J connectivity index is 1.72. The molecule has 3 rings (SSSR count). The van der Waals surface area contributed by atoms with Gasteiger partial charge >= 0.3 is 0 Å². The first-order valence-electron chi connectivity index (χ1n) is 7.50. The van der Waals surface area contributed by atoms with Gasteiger partial charge in [0.2, 0.25) is 0 Å². The molecule has 1 aliphatic carbocycles. The van der Waals surface area contributed by atoms with Crippen LogP contribution in [-0.2, 0) is 11.3 Å². The highest BCUT2D eigenvalue weighted by Crippen LogP contribution is 2.42. The Morgan fingerprint density at radius 1 is 1.40 bits per heavy atom. The van der Waals surface area contributed by atoms with Gasteiger partial charge in [-0.15, -0.1) is 0 Å². The maximum absolute atomic E-state index is 12.0. The number of nitrogens with zero attached hydrogens (tertiary/aromatic N) is 2. The molecule has 0 aromatic carbocycles. The molecule has 0 bridgehead atoms. The molecule has 0 radical (unpaired) electrons. The molecule has 0 N–H and O–H groups in total. The third-order valence-corrected chi connectivity index (χ3v) is 4.85. The lowest BCUT2D eigenvalue weighted by atomic mass is 9.83. The van der Waals surface area contributed by atoms with Crippen LogP contribution in [-0.4, -0.2) is 21.3 Å². The zero-order valence-electron chi connectivity index (χ0n) is 11.9. The van der Waals surface area contributed by atoms with Crippen LogP contribution in [0.3, 0.4) is 0 Å². The van der Waals surface area contributed by atoms with Gasteiger partial charge in [0.1, 0.15) is 11.0 Å². The Bertz CT molecular complexity index is 549.